The summed E-state index contributed by atoms with van der Waals surface area (Å²) < 4.78 is 110. The van der Waals surface area contributed by atoms with Crippen LogP contribution in [-0.4, -0.2) is 178 Å². The summed E-state index contributed by atoms with van der Waals surface area (Å²) in [5.74, 6) is -9.68. The van der Waals surface area contributed by atoms with E-state index in [0.29, 0.717) is 84.7 Å². The lowest BCUT2D eigenvalue weighted by atomic mass is 9.81. The molecule has 0 saturated carbocycles. The van der Waals surface area contributed by atoms with Gasteiger partial charge in [0.05, 0.1) is 21.8 Å². The van der Waals surface area contributed by atoms with E-state index in [1.807, 2.05) is 71.9 Å². The summed E-state index contributed by atoms with van der Waals surface area (Å²) in [6, 6.07) is 18.0. The zero-order valence-electron chi connectivity index (χ0n) is 61.6. The summed E-state index contributed by atoms with van der Waals surface area (Å²) in [5, 5.41) is 59.8. The van der Waals surface area contributed by atoms with Gasteiger partial charge in [-0.1, -0.05) is 68.8 Å². The second kappa shape index (κ2) is 39.2. The van der Waals surface area contributed by atoms with E-state index in [1.54, 1.807) is 60.7 Å². The second-order valence-corrected chi connectivity index (χ2v) is 33.2. The number of ether oxygens (including phenoxy) is 1. The molecule has 111 heavy (non-hydrogen) atoms. The fourth-order valence-corrected chi connectivity index (χ4v) is 15.1. The molecule has 36 heteroatoms. The molecule has 4 aromatic rings. The first-order chi connectivity index (χ1) is 52.1. The number of rotatable bonds is 40. The number of fused-ring (bicyclic) bond motifs is 2. The monoisotopic (exact) mass is 1620 g/mol. The van der Waals surface area contributed by atoms with E-state index in [2.05, 4.69) is 52.3 Å². The van der Waals surface area contributed by atoms with Crippen LogP contribution in [0.2, 0.25) is 0 Å². The van der Waals surface area contributed by atoms with Crippen molar-refractivity contribution in [2.45, 2.75) is 188 Å². The minimum atomic E-state index is -4.63. The standard InChI is InChI=1S/C75H93N9O23S4/c1-74(2)53-44-51(108)28-32-59(53)83(38-11-13-40-109(98,99)100)61(74)34-24-48-18-15-19-49(25-35-62-75(3,4)54-45-52(111(104,105)106)29-33-60(54)84(62)39-12-14-41-110(101,102)103)67(48)107-50-26-22-47(23-27-50)43-58(71(95)96)78-68(90)57(42-46-16-7-5-8-17-46)77-63(85)20-9-6-10-21-64(86)81-72(76)82-65(87)36-30-55(69(91)92)79-73(97)80-56(70(93)94)31-37-66(88)89/h5,7-8,16-17,22-29,32-35,44-45,55-58H,6,9-15,18-21,30-31,36-43H2,1-4H3,(H14-,76,77,78,79,80,81,82,85,86,87,88,89,90,91,92,93,94,95,96,97,98,99,100,101,102,103,104,105,106,108)/p+1/t55-,56-,57-,58-/m0/s1. The molecule has 0 saturated heterocycles. The number of unbranched alkanes of at least 4 members (excludes halogenated alkanes) is 4. The van der Waals surface area contributed by atoms with Crippen LogP contribution in [0.25, 0.3) is 0 Å². The van der Waals surface area contributed by atoms with Crippen molar-refractivity contribution in [1.29, 1.82) is 5.41 Å². The Balaban J connectivity index is 1.05. The van der Waals surface area contributed by atoms with Crippen LogP contribution < -0.4 is 41.5 Å². The lowest BCUT2D eigenvalue weighted by Crippen LogP contribution is -2.53. The number of hydrogen-bond acceptors (Lipinski definition) is 19. The Morgan fingerprint density at radius 1 is 0.595 bits per heavy atom. The van der Waals surface area contributed by atoms with Gasteiger partial charge < -0.3 is 51.3 Å². The van der Waals surface area contributed by atoms with Gasteiger partial charge in [0.25, 0.3) is 30.4 Å². The van der Waals surface area contributed by atoms with Crippen LogP contribution in [0.1, 0.15) is 153 Å². The fourth-order valence-electron chi connectivity index (χ4n) is 13.2. The number of anilines is 1. The van der Waals surface area contributed by atoms with Crippen LogP contribution in [0, 0.1) is 5.41 Å². The second-order valence-electron chi connectivity index (χ2n) is 28.1. The summed E-state index contributed by atoms with van der Waals surface area (Å²) in [4.78, 5) is 115. The van der Waals surface area contributed by atoms with Crippen LogP contribution in [-0.2, 0) is 92.4 Å². The van der Waals surface area contributed by atoms with E-state index in [-0.39, 0.29) is 62.8 Å². The van der Waals surface area contributed by atoms with Crippen molar-refractivity contribution in [2.75, 3.05) is 29.5 Å². The van der Waals surface area contributed by atoms with Gasteiger partial charge in [-0.05, 0) is 161 Å². The highest BCUT2D eigenvalue weighted by Gasteiger charge is 2.45. The highest BCUT2D eigenvalue weighted by Crippen LogP contribution is 2.49. The van der Waals surface area contributed by atoms with Crippen molar-refractivity contribution in [3.63, 3.8) is 0 Å². The lowest BCUT2D eigenvalue weighted by molar-refractivity contribution is -0.438. The third kappa shape index (κ3) is 26.5. The predicted octanol–water partition coefficient (Wildman–Crippen LogP) is 7.42. The van der Waals surface area contributed by atoms with Crippen molar-refractivity contribution in [3.8, 4) is 5.75 Å². The number of carbonyl (C=O) groups excluding carboxylic acids is 5. The van der Waals surface area contributed by atoms with E-state index in [9.17, 15) is 97.4 Å². The third-order valence-corrected chi connectivity index (χ3v) is 21.7. The number of amides is 6. The van der Waals surface area contributed by atoms with Gasteiger partial charge in [-0.3, -0.25) is 53.7 Å². The number of carboxylic acid groups (broad SMARTS) is 4. The molecule has 0 unspecified atom stereocenters. The van der Waals surface area contributed by atoms with Gasteiger partial charge in [-0.25, -0.2) is 19.2 Å². The summed E-state index contributed by atoms with van der Waals surface area (Å²) in [5.41, 5.74) is 5.75. The molecule has 3 aliphatic rings. The Morgan fingerprint density at radius 2 is 1.18 bits per heavy atom. The molecule has 1 aliphatic carbocycles. The van der Waals surface area contributed by atoms with E-state index < -0.39 is 162 Å². The molecular formula is C75H94N9O23S4+. The van der Waals surface area contributed by atoms with Crippen molar-refractivity contribution < 1.29 is 112 Å². The normalized spacial score (nSPS) is 16.4. The molecule has 32 nitrogen and oxygen atoms in total. The van der Waals surface area contributed by atoms with E-state index in [1.165, 1.54) is 12.1 Å². The molecule has 4 atom stereocenters. The molecule has 0 spiro atoms. The number of benzene rings is 4. The first-order valence-electron chi connectivity index (χ1n) is 35.8. The number of allylic oxidation sites excluding steroid dienone is 7. The molecule has 0 aromatic heterocycles. The first-order valence-corrected chi connectivity index (χ1v) is 40.9. The van der Waals surface area contributed by atoms with Crippen molar-refractivity contribution >= 4 is 120 Å². The Morgan fingerprint density at radius 3 is 1.78 bits per heavy atom. The van der Waals surface area contributed by atoms with Crippen LogP contribution in [0.4, 0.5) is 16.2 Å². The molecule has 0 radical (unpaired) electrons. The maximum atomic E-state index is 14.2. The van der Waals surface area contributed by atoms with Gasteiger partial charge in [0.15, 0.2) is 5.71 Å². The Kier molecular flexibility index (Phi) is 31.1. The largest absolute Gasteiger partial charge is 0.481 e. The van der Waals surface area contributed by atoms with Crippen molar-refractivity contribution in [2.24, 2.45) is 0 Å². The predicted molar refractivity (Wildman–Crippen MR) is 411 cm³/mol. The third-order valence-electron chi connectivity index (χ3n) is 18.9. The maximum absolute atomic E-state index is 14.2. The molecule has 600 valence electrons. The van der Waals surface area contributed by atoms with Gasteiger partial charge >= 0.3 is 29.9 Å². The Bertz CT molecular complexity index is 4710. The maximum Gasteiger partial charge on any atom is 0.326 e. The summed E-state index contributed by atoms with van der Waals surface area (Å²) in [6.45, 7) is 8.57. The summed E-state index contributed by atoms with van der Waals surface area (Å²) in [7, 11) is -13.1. The minimum Gasteiger partial charge on any atom is -0.481 e. The average Bonchev–Trinajstić information content (AvgIpc) is 1.59. The first kappa shape index (κ1) is 88.1. The summed E-state index contributed by atoms with van der Waals surface area (Å²) >= 11 is 4.66. The molecule has 0 bridgehead atoms. The van der Waals surface area contributed by atoms with Crippen LogP contribution >= 0.6 is 12.6 Å². The van der Waals surface area contributed by atoms with Crippen molar-refractivity contribution in [3.05, 3.63) is 160 Å². The van der Waals surface area contributed by atoms with Gasteiger partial charge in [0.2, 0.25) is 35.3 Å². The zero-order valence-corrected chi connectivity index (χ0v) is 64.9. The number of aliphatic carboxylic acids is 4. The Hall–Kier alpha value is -10.1. The number of carboxylic acids is 4. The van der Waals surface area contributed by atoms with E-state index in [4.69, 9.17) is 15.3 Å². The van der Waals surface area contributed by atoms with Gasteiger partial charge in [0.1, 0.15) is 42.2 Å². The topological polar surface area (TPSA) is 509 Å². The number of nitrogens with one attached hydrogen (secondary N) is 7. The van der Waals surface area contributed by atoms with Crippen LogP contribution in [0.15, 0.2) is 148 Å². The highest BCUT2D eigenvalue weighted by atomic mass is 32.2. The van der Waals surface area contributed by atoms with Gasteiger partial charge in [0, 0.05) is 90.9 Å². The molecule has 2 heterocycles. The van der Waals surface area contributed by atoms with E-state index >= 15 is 0 Å². The van der Waals surface area contributed by atoms with Crippen LogP contribution in [0.5, 0.6) is 5.75 Å². The Labute approximate surface area is 648 Å². The van der Waals surface area contributed by atoms with Crippen molar-refractivity contribution in [1.82, 2.24) is 31.9 Å². The molecule has 6 amide bonds. The molecule has 7 rings (SSSR count). The highest BCUT2D eigenvalue weighted by molar-refractivity contribution is 7.86. The number of nitrogens with zero attached hydrogens (tertiary/aromatic N) is 2. The van der Waals surface area contributed by atoms with Gasteiger partial charge in [-0.2, -0.15) is 29.8 Å². The molecule has 2 aliphatic heterocycles. The van der Waals surface area contributed by atoms with E-state index in [0.717, 1.165) is 33.0 Å². The minimum absolute atomic E-state index is 0.0262. The molecule has 4 aromatic carbocycles. The number of urea groups is 1. The molecular weight excluding hydrogens is 1520 g/mol. The smallest absolute Gasteiger partial charge is 0.326 e. The fraction of sp³-hybridized carbons (Fsp3) is 0.427. The van der Waals surface area contributed by atoms with Gasteiger partial charge in [-0.15, -0.1) is 12.6 Å². The quantitative estimate of drug-likeness (QED) is 0.00514. The number of carbonyl (C=O) groups is 9. The number of hydrogen-bond donors (Lipinski definition) is 15. The molecule has 14 N–H and O–H groups in total. The molecule has 0 fully saturated rings. The SMILES string of the molecule is CC1(C)C(/C=C/C2=C(Oc3ccc(C[C@H](NC(=O)[C@H](Cc4ccccc4)NC(=O)CCCCCC(=O)NC(=N)NC(=O)CC[C@H](NC(=O)N[C@@H](CCC(=O)O)C(=O)O)C(=O)O)C(=O)O)cc3)C(=C/C=C3/N(CCCCS(=O)(=O)O)c4ccc(S(=O)(=O)O)cc4C3(C)C)/CCC2)=[N+](CCCCS(=O)(=O)O)c2ccc(S)cc21. The number of thiol groups is 1. The lowest BCUT2D eigenvalue weighted by Gasteiger charge is -2.27. The summed E-state index contributed by atoms with van der Waals surface area (Å²) in [6.07, 6.45) is 8.45. The van der Waals surface area contributed by atoms with Crippen LogP contribution in [0.3, 0.4) is 0 Å². The zero-order chi connectivity index (χ0) is 81.8. The average molecular weight is 1620 g/mol. The number of guanidine groups is 1.